The molecule has 11 heteroatoms. The summed E-state index contributed by atoms with van der Waals surface area (Å²) < 4.78 is 59.6. The Morgan fingerprint density at radius 1 is 1.00 bits per heavy atom. The summed E-state index contributed by atoms with van der Waals surface area (Å²) in [6.45, 7) is 5.47. The zero-order valence-corrected chi connectivity index (χ0v) is 17.9. The number of hydrogen-bond donors (Lipinski definition) is 0. The van der Waals surface area contributed by atoms with E-state index in [2.05, 4.69) is 4.98 Å². The fourth-order valence-corrected chi connectivity index (χ4v) is 3.23. The third-order valence-electron chi connectivity index (χ3n) is 4.76. The van der Waals surface area contributed by atoms with Crippen molar-refractivity contribution < 1.29 is 31.9 Å². The lowest BCUT2D eigenvalue weighted by Crippen LogP contribution is -2.52. The molecular weight excluding hydrogens is 432 g/mol. The van der Waals surface area contributed by atoms with Gasteiger partial charge in [-0.1, -0.05) is 0 Å². The number of amides is 2. The molecule has 32 heavy (non-hydrogen) atoms. The number of alkyl halides is 3. The van der Waals surface area contributed by atoms with Crippen LogP contribution in [0.25, 0.3) is 11.3 Å². The van der Waals surface area contributed by atoms with Gasteiger partial charge in [0.15, 0.2) is 0 Å². The Kier molecular flexibility index (Phi) is 6.47. The number of nitrogens with zero attached hydrogens (tertiary/aromatic N) is 4. The molecule has 0 spiro atoms. The van der Waals surface area contributed by atoms with E-state index in [1.165, 1.54) is 21.9 Å². The molecule has 0 aliphatic carbocycles. The van der Waals surface area contributed by atoms with Crippen LogP contribution in [0.2, 0.25) is 0 Å². The molecule has 1 aliphatic heterocycles. The number of rotatable bonds is 3. The van der Waals surface area contributed by atoms with Crippen molar-refractivity contribution in [1.82, 2.24) is 19.4 Å². The number of carbonyl (C=O) groups is 2. The van der Waals surface area contributed by atoms with E-state index >= 15 is 0 Å². The maximum absolute atomic E-state index is 13.5. The molecule has 0 N–H and O–H groups in total. The van der Waals surface area contributed by atoms with Gasteiger partial charge < -0.3 is 19.1 Å². The van der Waals surface area contributed by atoms with Crippen LogP contribution in [0.15, 0.2) is 30.5 Å². The normalized spacial score (nSPS) is 15.1. The van der Waals surface area contributed by atoms with Crippen LogP contribution < -0.4 is 0 Å². The van der Waals surface area contributed by atoms with E-state index in [1.807, 2.05) is 0 Å². The van der Waals surface area contributed by atoms with Gasteiger partial charge in [-0.3, -0.25) is 4.79 Å². The first-order valence-electron chi connectivity index (χ1n) is 9.99. The predicted molar refractivity (Wildman–Crippen MR) is 107 cm³/mol. The summed E-state index contributed by atoms with van der Waals surface area (Å²) in [5.74, 6) is -2.26. The molecule has 3 rings (SSSR count). The molecule has 1 fully saturated rings. The molecular formula is C21H24F4N4O3. The molecule has 0 unspecified atom stereocenters. The summed E-state index contributed by atoms with van der Waals surface area (Å²) in [4.78, 5) is 31.3. The molecule has 1 saturated heterocycles. The molecule has 174 valence electrons. The highest BCUT2D eigenvalue weighted by atomic mass is 19.4. The average Bonchev–Trinajstić information content (AvgIpc) is 3.11. The second-order valence-electron chi connectivity index (χ2n) is 8.43. The van der Waals surface area contributed by atoms with Gasteiger partial charge in [0.05, 0.1) is 5.69 Å². The zero-order chi connectivity index (χ0) is 23.7. The summed E-state index contributed by atoms with van der Waals surface area (Å²) in [6.07, 6.45) is -4.14. The topological polar surface area (TPSA) is 67.7 Å². The minimum Gasteiger partial charge on any atom is -0.444 e. The summed E-state index contributed by atoms with van der Waals surface area (Å²) in [7, 11) is 0. The Hall–Kier alpha value is -3.11. The maximum atomic E-state index is 13.5. The standard InChI is InChI=1S/C21H24F4N4O3/c1-20(2,3)32-19(31)28-10-8-27(9-11-28)17(30)13-29-12-16(26-18(29)21(23,24)25)14-4-6-15(22)7-5-14/h4-7,12H,8-11,13H2,1-3H3. The van der Waals surface area contributed by atoms with Crippen molar-refractivity contribution in [2.45, 2.75) is 39.1 Å². The van der Waals surface area contributed by atoms with Crippen LogP contribution in [-0.2, 0) is 22.3 Å². The van der Waals surface area contributed by atoms with E-state index in [4.69, 9.17) is 4.74 Å². The maximum Gasteiger partial charge on any atom is 0.449 e. The molecule has 2 heterocycles. The Morgan fingerprint density at radius 3 is 2.09 bits per heavy atom. The number of hydrogen-bond acceptors (Lipinski definition) is 4. The molecule has 1 aromatic heterocycles. The molecule has 7 nitrogen and oxygen atoms in total. The smallest absolute Gasteiger partial charge is 0.444 e. The van der Waals surface area contributed by atoms with Gasteiger partial charge in [-0.25, -0.2) is 14.2 Å². The first-order valence-corrected chi connectivity index (χ1v) is 9.99. The van der Waals surface area contributed by atoms with Crippen molar-refractivity contribution in [3.63, 3.8) is 0 Å². The number of halogens is 4. The molecule has 0 atom stereocenters. The number of benzene rings is 1. The van der Waals surface area contributed by atoms with E-state index < -0.39 is 42.0 Å². The van der Waals surface area contributed by atoms with Gasteiger partial charge >= 0.3 is 12.3 Å². The first kappa shape index (κ1) is 23.6. The van der Waals surface area contributed by atoms with Crippen molar-refractivity contribution >= 4 is 12.0 Å². The van der Waals surface area contributed by atoms with Crippen molar-refractivity contribution in [2.24, 2.45) is 0 Å². The third kappa shape index (κ3) is 5.77. The minimum atomic E-state index is -4.77. The van der Waals surface area contributed by atoms with Gasteiger partial charge in [-0.05, 0) is 45.0 Å². The van der Waals surface area contributed by atoms with E-state index in [0.717, 1.165) is 22.9 Å². The van der Waals surface area contributed by atoms with Gasteiger partial charge in [-0.15, -0.1) is 0 Å². The van der Waals surface area contributed by atoms with Crippen molar-refractivity contribution in [2.75, 3.05) is 26.2 Å². The Bertz CT molecular complexity index is 972. The lowest BCUT2D eigenvalue weighted by Gasteiger charge is -2.35. The number of aromatic nitrogens is 2. The fourth-order valence-electron chi connectivity index (χ4n) is 3.23. The quantitative estimate of drug-likeness (QED) is 0.660. The van der Waals surface area contributed by atoms with Crippen LogP contribution in [0.3, 0.4) is 0 Å². The van der Waals surface area contributed by atoms with Gasteiger partial charge in [0.2, 0.25) is 11.7 Å². The number of piperazine rings is 1. The van der Waals surface area contributed by atoms with Gasteiger partial charge in [0, 0.05) is 37.9 Å². The Morgan fingerprint density at radius 2 is 1.56 bits per heavy atom. The number of imidazole rings is 1. The second kappa shape index (κ2) is 8.79. The van der Waals surface area contributed by atoms with Crippen LogP contribution in [-0.4, -0.2) is 63.1 Å². The van der Waals surface area contributed by atoms with E-state index in [0.29, 0.717) is 5.56 Å². The van der Waals surface area contributed by atoms with Crippen LogP contribution in [0.4, 0.5) is 22.4 Å². The van der Waals surface area contributed by atoms with Crippen LogP contribution in [0.5, 0.6) is 0 Å². The highest BCUT2D eigenvalue weighted by molar-refractivity contribution is 5.77. The van der Waals surface area contributed by atoms with Crippen LogP contribution in [0, 0.1) is 5.82 Å². The largest absolute Gasteiger partial charge is 0.449 e. The van der Waals surface area contributed by atoms with Crippen molar-refractivity contribution in [3.8, 4) is 11.3 Å². The monoisotopic (exact) mass is 456 g/mol. The lowest BCUT2D eigenvalue weighted by molar-refractivity contribution is -0.148. The number of ether oxygens (including phenoxy) is 1. The summed E-state index contributed by atoms with van der Waals surface area (Å²) in [5, 5.41) is 0. The Balaban J connectivity index is 1.70. The average molecular weight is 456 g/mol. The summed E-state index contributed by atoms with van der Waals surface area (Å²) in [5.41, 5.74) is -0.365. The van der Waals surface area contributed by atoms with E-state index in [1.54, 1.807) is 20.8 Å². The molecule has 0 radical (unpaired) electrons. The minimum absolute atomic E-state index is 0.0140. The Labute approximate surface area is 182 Å². The highest BCUT2D eigenvalue weighted by Gasteiger charge is 2.38. The van der Waals surface area contributed by atoms with Gasteiger partial charge in [0.1, 0.15) is 18.0 Å². The molecule has 2 amide bonds. The molecule has 1 aliphatic rings. The predicted octanol–water partition coefficient (Wildman–Crippen LogP) is 3.79. The molecule has 2 aromatic rings. The summed E-state index contributed by atoms with van der Waals surface area (Å²) in [6, 6.07) is 4.88. The lowest BCUT2D eigenvalue weighted by atomic mass is 10.2. The van der Waals surface area contributed by atoms with Crippen molar-refractivity contribution in [1.29, 1.82) is 0 Å². The first-order chi connectivity index (χ1) is 14.8. The number of carbonyl (C=O) groups excluding carboxylic acids is 2. The van der Waals surface area contributed by atoms with E-state index in [9.17, 15) is 27.2 Å². The summed E-state index contributed by atoms with van der Waals surface area (Å²) >= 11 is 0. The second-order valence-corrected chi connectivity index (χ2v) is 8.43. The van der Waals surface area contributed by atoms with Crippen molar-refractivity contribution in [3.05, 3.63) is 42.1 Å². The van der Waals surface area contributed by atoms with Crippen LogP contribution in [0.1, 0.15) is 26.6 Å². The van der Waals surface area contributed by atoms with E-state index in [-0.39, 0.29) is 31.9 Å². The fraction of sp³-hybridized carbons (Fsp3) is 0.476. The zero-order valence-electron chi connectivity index (χ0n) is 17.9. The molecule has 1 aromatic carbocycles. The highest BCUT2D eigenvalue weighted by Crippen LogP contribution is 2.31. The van der Waals surface area contributed by atoms with Crippen LogP contribution >= 0.6 is 0 Å². The van der Waals surface area contributed by atoms with Gasteiger partial charge in [-0.2, -0.15) is 13.2 Å². The molecule has 0 bridgehead atoms. The third-order valence-corrected chi connectivity index (χ3v) is 4.76. The molecule has 0 saturated carbocycles. The van der Waals surface area contributed by atoms with Gasteiger partial charge in [0.25, 0.3) is 0 Å². The SMILES string of the molecule is CC(C)(C)OC(=O)N1CCN(C(=O)Cn2cc(-c3ccc(F)cc3)nc2C(F)(F)F)CC1.